The van der Waals surface area contributed by atoms with Crippen LogP contribution < -0.4 is 14.8 Å². The summed E-state index contributed by atoms with van der Waals surface area (Å²) in [6.45, 7) is 1.80. The van der Waals surface area contributed by atoms with Gasteiger partial charge in [0.05, 0.1) is 6.04 Å². The Balaban J connectivity index is 1.33. The van der Waals surface area contributed by atoms with Gasteiger partial charge in [-0.25, -0.2) is 4.79 Å². The number of anilines is 1. The second-order valence-corrected chi connectivity index (χ2v) is 7.67. The molecule has 8 nitrogen and oxygen atoms in total. The number of benzene rings is 1. The first-order valence-electron chi connectivity index (χ1n) is 10.2. The van der Waals surface area contributed by atoms with Gasteiger partial charge in [0, 0.05) is 24.3 Å². The molecule has 1 aliphatic carbocycles. The number of carbonyl (C=O) groups is 1. The Kier molecular flexibility index (Phi) is 4.54. The maximum Gasteiger partial charge on any atom is 0.322 e. The minimum absolute atomic E-state index is 0.0275. The van der Waals surface area contributed by atoms with Gasteiger partial charge in [-0.15, -0.1) is 10.2 Å². The molecule has 1 unspecified atom stereocenters. The zero-order valence-electron chi connectivity index (χ0n) is 15.8. The van der Waals surface area contributed by atoms with Gasteiger partial charge in [-0.05, 0) is 37.8 Å². The Morgan fingerprint density at radius 2 is 1.89 bits per heavy atom. The number of aromatic nitrogens is 3. The number of amides is 2. The quantitative estimate of drug-likeness (QED) is 0.877. The zero-order valence-corrected chi connectivity index (χ0v) is 15.8. The second kappa shape index (κ2) is 7.33. The highest BCUT2D eigenvalue weighted by Crippen LogP contribution is 2.37. The zero-order chi connectivity index (χ0) is 18.9. The number of ether oxygens (including phenoxy) is 2. The Morgan fingerprint density at radius 3 is 2.75 bits per heavy atom. The van der Waals surface area contributed by atoms with E-state index in [1.807, 2.05) is 29.4 Å². The van der Waals surface area contributed by atoms with Gasteiger partial charge in [-0.1, -0.05) is 12.8 Å². The van der Waals surface area contributed by atoms with Crippen LogP contribution in [0.4, 0.5) is 10.5 Å². The van der Waals surface area contributed by atoms with Crippen LogP contribution in [-0.2, 0) is 0 Å². The fraction of sp³-hybridized carbons (Fsp3) is 0.550. The van der Waals surface area contributed by atoms with Crippen LogP contribution in [0.15, 0.2) is 24.5 Å². The monoisotopic (exact) mass is 383 g/mol. The first kappa shape index (κ1) is 17.3. The van der Waals surface area contributed by atoms with Crippen molar-refractivity contribution in [3.63, 3.8) is 0 Å². The molecule has 0 bridgehead atoms. The molecule has 2 fully saturated rings. The summed E-state index contributed by atoms with van der Waals surface area (Å²) in [4.78, 5) is 14.9. The summed E-state index contributed by atoms with van der Waals surface area (Å²) in [5.74, 6) is 2.30. The lowest BCUT2D eigenvalue weighted by atomic mass is 10.1. The third kappa shape index (κ3) is 3.16. The van der Waals surface area contributed by atoms with Crippen LogP contribution in [0.3, 0.4) is 0 Å². The van der Waals surface area contributed by atoms with Crippen molar-refractivity contribution < 1.29 is 14.3 Å². The van der Waals surface area contributed by atoms with Crippen LogP contribution in [-0.4, -0.2) is 45.5 Å². The summed E-state index contributed by atoms with van der Waals surface area (Å²) in [5.41, 5.74) is 0.706. The second-order valence-electron chi connectivity index (χ2n) is 7.67. The third-order valence-electron chi connectivity index (χ3n) is 5.92. The molecule has 3 heterocycles. The van der Waals surface area contributed by atoms with E-state index in [4.69, 9.17) is 9.47 Å². The number of fused-ring (bicyclic) bond motifs is 1. The van der Waals surface area contributed by atoms with Crippen LogP contribution in [0.2, 0.25) is 0 Å². The molecule has 1 saturated heterocycles. The first-order chi connectivity index (χ1) is 13.8. The molecule has 1 aromatic heterocycles. The number of likely N-dealkylation sites (tertiary alicyclic amines) is 1. The Bertz CT molecular complexity index is 861. The molecule has 0 spiro atoms. The van der Waals surface area contributed by atoms with Crippen molar-refractivity contribution in [1.82, 2.24) is 19.7 Å². The predicted octanol–water partition coefficient (Wildman–Crippen LogP) is 3.53. The van der Waals surface area contributed by atoms with Gasteiger partial charge in [-0.3, -0.25) is 0 Å². The topological polar surface area (TPSA) is 81.5 Å². The summed E-state index contributed by atoms with van der Waals surface area (Å²) in [6.07, 6.45) is 8.56. The highest BCUT2D eigenvalue weighted by Gasteiger charge is 2.35. The van der Waals surface area contributed by atoms with Crippen molar-refractivity contribution in [2.45, 2.75) is 50.6 Å². The van der Waals surface area contributed by atoms with E-state index in [9.17, 15) is 4.79 Å². The molecule has 5 rings (SSSR count). The number of urea groups is 1. The lowest BCUT2D eigenvalue weighted by Gasteiger charge is -2.26. The molecule has 1 atom stereocenters. The third-order valence-corrected chi connectivity index (χ3v) is 5.92. The van der Waals surface area contributed by atoms with E-state index in [0.717, 1.165) is 25.2 Å². The SMILES string of the molecule is O=C(Nc1ccc2c(c1)OCCO2)N1CCCC1c1nncn1C1CCCC1. The van der Waals surface area contributed by atoms with Crippen LogP contribution >= 0.6 is 0 Å². The smallest absolute Gasteiger partial charge is 0.322 e. The van der Waals surface area contributed by atoms with E-state index in [2.05, 4.69) is 20.1 Å². The van der Waals surface area contributed by atoms with Gasteiger partial charge >= 0.3 is 6.03 Å². The van der Waals surface area contributed by atoms with Crippen molar-refractivity contribution >= 4 is 11.7 Å². The molecule has 2 aliphatic heterocycles. The van der Waals surface area contributed by atoms with Gasteiger partial charge < -0.3 is 24.3 Å². The number of hydrogen-bond donors (Lipinski definition) is 1. The van der Waals surface area contributed by atoms with Crippen molar-refractivity contribution in [3.8, 4) is 11.5 Å². The van der Waals surface area contributed by atoms with Crippen molar-refractivity contribution in [3.05, 3.63) is 30.4 Å². The number of carbonyl (C=O) groups excluding carboxylic acids is 1. The van der Waals surface area contributed by atoms with E-state index in [1.165, 1.54) is 25.7 Å². The minimum Gasteiger partial charge on any atom is -0.486 e. The maximum atomic E-state index is 13.0. The Morgan fingerprint density at radius 1 is 1.07 bits per heavy atom. The summed E-state index contributed by atoms with van der Waals surface area (Å²) < 4.78 is 13.4. The van der Waals surface area contributed by atoms with E-state index in [1.54, 1.807) is 0 Å². The predicted molar refractivity (Wildman–Crippen MR) is 103 cm³/mol. The van der Waals surface area contributed by atoms with E-state index >= 15 is 0 Å². The van der Waals surface area contributed by atoms with Crippen molar-refractivity contribution in [1.29, 1.82) is 0 Å². The van der Waals surface area contributed by atoms with Crippen molar-refractivity contribution in [2.24, 2.45) is 0 Å². The van der Waals surface area contributed by atoms with Crippen LogP contribution in [0.25, 0.3) is 0 Å². The normalized spacial score (nSPS) is 21.9. The summed E-state index contributed by atoms with van der Waals surface area (Å²) in [5, 5.41) is 11.6. The van der Waals surface area contributed by atoms with Gasteiger partial charge in [0.25, 0.3) is 0 Å². The molecule has 1 saturated carbocycles. The molecule has 148 valence electrons. The summed E-state index contributed by atoms with van der Waals surface area (Å²) in [6, 6.07) is 5.83. The molecule has 1 aromatic carbocycles. The standard InChI is InChI=1S/C20H25N5O3/c26-20(22-14-7-8-17-18(12-14)28-11-10-27-17)24-9-3-6-16(24)19-23-21-13-25(19)15-4-1-2-5-15/h7-8,12-13,15-16H,1-6,9-11H2,(H,22,26). The fourth-order valence-corrected chi connectivity index (χ4v) is 4.55. The number of rotatable bonds is 3. The molecule has 3 aliphatic rings. The molecule has 28 heavy (non-hydrogen) atoms. The van der Waals surface area contributed by atoms with Crippen LogP contribution in [0, 0.1) is 0 Å². The minimum atomic E-state index is -0.111. The largest absolute Gasteiger partial charge is 0.486 e. The molecule has 0 radical (unpaired) electrons. The lowest BCUT2D eigenvalue weighted by molar-refractivity contribution is 0.171. The van der Waals surface area contributed by atoms with Gasteiger partial charge in [-0.2, -0.15) is 0 Å². The first-order valence-corrected chi connectivity index (χ1v) is 10.2. The van der Waals surface area contributed by atoms with Crippen LogP contribution in [0.1, 0.15) is 56.4 Å². The molecule has 2 aromatic rings. The highest BCUT2D eigenvalue weighted by atomic mass is 16.6. The van der Waals surface area contributed by atoms with E-state index in [0.29, 0.717) is 36.4 Å². The average Bonchev–Trinajstić information content (AvgIpc) is 3.48. The Labute approximate surface area is 163 Å². The fourth-order valence-electron chi connectivity index (χ4n) is 4.55. The molecule has 8 heteroatoms. The van der Waals surface area contributed by atoms with Gasteiger partial charge in [0.1, 0.15) is 19.5 Å². The van der Waals surface area contributed by atoms with Crippen molar-refractivity contribution in [2.75, 3.05) is 25.1 Å². The number of nitrogens with zero attached hydrogens (tertiary/aromatic N) is 4. The molecule has 2 amide bonds. The van der Waals surface area contributed by atoms with Gasteiger partial charge in [0.2, 0.25) is 0 Å². The molecular formula is C20H25N5O3. The summed E-state index contributed by atoms with van der Waals surface area (Å²) in [7, 11) is 0. The van der Waals surface area contributed by atoms with Crippen LogP contribution in [0.5, 0.6) is 11.5 Å². The number of hydrogen-bond acceptors (Lipinski definition) is 5. The Hall–Kier alpha value is -2.77. The molecular weight excluding hydrogens is 358 g/mol. The summed E-state index contributed by atoms with van der Waals surface area (Å²) >= 11 is 0. The van der Waals surface area contributed by atoms with Gasteiger partial charge in [0.15, 0.2) is 17.3 Å². The lowest BCUT2D eigenvalue weighted by Crippen LogP contribution is -2.35. The van der Waals surface area contributed by atoms with E-state index < -0.39 is 0 Å². The van der Waals surface area contributed by atoms with E-state index in [-0.39, 0.29) is 12.1 Å². The highest BCUT2D eigenvalue weighted by molar-refractivity contribution is 5.90. The maximum absolute atomic E-state index is 13.0. The molecule has 1 N–H and O–H groups in total. The number of nitrogens with one attached hydrogen (secondary N) is 1. The average molecular weight is 383 g/mol.